The molecule has 0 atom stereocenters. The van der Waals surface area contributed by atoms with Gasteiger partial charge in [-0.15, -0.1) is 0 Å². The van der Waals surface area contributed by atoms with E-state index >= 15 is 0 Å². The van der Waals surface area contributed by atoms with Crippen LogP contribution in [0.3, 0.4) is 0 Å². The van der Waals surface area contributed by atoms with E-state index in [1.165, 1.54) is 12.1 Å². The van der Waals surface area contributed by atoms with E-state index in [9.17, 15) is 13.2 Å². The van der Waals surface area contributed by atoms with Gasteiger partial charge < -0.3 is 5.32 Å². The molecule has 0 spiro atoms. The van der Waals surface area contributed by atoms with Crippen molar-refractivity contribution in [1.82, 2.24) is 0 Å². The zero-order valence-electron chi connectivity index (χ0n) is 15.2. The largest absolute Gasteiger partial charge is 0.322 e. The first-order valence-electron chi connectivity index (χ1n) is 8.69. The number of sulfone groups is 1. The molecule has 3 aromatic rings. The third kappa shape index (κ3) is 4.89. The fraction of sp³-hybridized carbons (Fsp3) is 0.0952. The summed E-state index contributed by atoms with van der Waals surface area (Å²) in [6.45, 7) is 1.57. The van der Waals surface area contributed by atoms with Crippen LogP contribution in [0.1, 0.15) is 17.3 Å². The van der Waals surface area contributed by atoms with Gasteiger partial charge in [0.25, 0.3) is 5.91 Å². The standard InChI is InChI=1S/C21H19N3O3S/c1-2-28(26,27)20-10-6-7-16(15-20)21(25)22-17-11-13-19(14-12-17)24-23-18-8-4-3-5-9-18/h3-15H,2H2,1H3,(H,22,25). The number of anilines is 1. The Hall–Kier alpha value is -3.32. The highest BCUT2D eigenvalue weighted by Crippen LogP contribution is 2.21. The molecule has 3 aromatic carbocycles. The zero-order valence-corrected chi connectivity index (χ0v) is 16.1. The van der Waals surface area contributed by atoms with E-state index in [1.54, 1.807) is 43.3 Å². The molecule has 0 bridgehead atoms. The summed E-state index contributed by atoms with van der Waals surface area (Å²) in [4.78, 5) is 12.6. The minimum Gasteiger partial charge on any atom is -0.322 e. The first kappa shape index (κ1) is 19.4. The van der Waals surface area contributed by atoms with Crippen molar-refractivity contribution in [2.75, 3.05) is 11.1 Å². The second-order valence-corrected chi connectivity index (χ2v) is 8.25. The van der Waals surface area contributed by atoms with Crippen molar-refractivity contribution in [3.63, 3.8) is 0 Å². The van der Waals surface area contributed by atoms with Crippen LogP contribution in [0.15, 0.2) is 94.0 Å². The molecular weight excluding hydrogens is 374 g/mol. The van der Waals surface area contributed by atoms with Crippen LogP contribution in [0.5, 0.6) is 0 Å². The highest BCUT2D eigenvalue weighted by molar-refractivity contribution is 7.91. The summed E-state index contributed by atoms with van der Waals surface area (Å²) in [6, 6.07) is 22.3. The number of hydrogen-bond acceptors (Lipinski definition) is 5. The van der Waals surface area contributed by atoms with E-state index in [1.807, 2.05) is 30.3 Å². The highest BCUT2D eigenvalue weighted by atomic mass is 32.2. The van der Waals surface area contributed by atoms with Crippen LogP contribution in [0.2, 0.25) is 0 Å². The number of benzene rings is 3. The second-order valence-electron chi connectivity index (χ2n) is 5.97. The Bertz CT molecular complexity index is 1090. The summed E-state index contributed by atoms with van der Waals surface area (Å²) in [7, 11) is -3.36. The van der Waals surface area contributed by atoms with Gasteiger partial charge in [-0.25, -0.2) is 8.42 Å². The minimum atomic E-state index is -3.36. The fourth-order valence-corrected chi connectivity index (χ4v) is 3.35. The molecule has 6 nitrogen and oxygen atoms in total. The molecule has 3 rings (SSSR count). The van der Waals surface area contributed by atoms with Crippen LogP contribution in [0.25, 0.3) is 0 Å². The third-order valence-electron chi connectivity index (χ3n) is 4.00. The molecule has 0 aliphatic carbocycles. The molecule has 1 N–H and O–H groups in total. The molecule has 0 saturated heterocycles. The first-order chi connectivity index (χ1) is 13.5. The summed E-state index contributed by atoms with van der Waals surface area (Å²) in [5.41, 5.74) is 2.26. The van der Waals surface area contributed by atoms with Crippen LogP contribution in [0, 0.1) is 0 Å². The van der Waals surface area contributed by atoms with Gasteiger partial charge in [-0.2, -0.15) is 10.2 Å². The summed E-state index contributed by atoms with van der Waals surface area (Å²) in [5, 5.41) is 11.0. The van der Waals surface area contributed by atoms with Gasteiger partial charge in [-0.1, -0.05) is 31.2 Å². The number of nitrogens with zero attached hydrogens (tertiary/aromatic N) is 2. The smallest absolute Gasteiger partial charge is 0.255 e. The van der Waals surface area contributed by atoms with E-state index in [0.717, 1.165) is 5.69 Å². The van der Waals surface area contributed by atoms with E-state index in [-0.39, 0.29) is 22.1 Å². The molecule has 0 radical (unpaired) electrons. The number of azo groups is 1. The van der Waals surface area contributed by atoms with Crippen molar-refractivity contribution in [3.05, 3.63) is 84.4 Å². The maximum atomic E-state index is 12.4. The van der Waals surface area contributed by atoms with Gasteiger partial charge in [0.1, 0.15) is 0 Å². The number of carbonyl (C=O) groups is 1. The lowest BCUT2D eigenvalue weighted by atomic mass is 10.2. The van der Waals surface area contributed by atoms with Gasteiger partial charge in [0, 0.05) is 11.3 Å². The maximum absolute atomic E-state index is 12.4. The molecule has 0 aliphatic rings. The third-order valence-corrected chi connectivity index (χ3v) is 5.73. The molecule has 1 amide bonds. The SMILES string of the molecule is CCS(=O)(=O)c1cccc(C(=O)Nc2ccc(N=Nc3ccccc3)cc2)c1. The highest BCUT2D eigenvalue weighted by Gasteiger charge is 2.14. The quantitative estimate of drug-likeness (QED) is 0.588. The lowest BCUT2D eigenvalue weighted by molar-refractivity contribution is 0.102. The summed E-state index contributed by atoms with van der Waals surface area (Å²) in [5.74, 6) is -0.399. The first-order valence-corrected chi connectivity index (χ1v) is 10.3. The lowest BCUT2D eigenvalue weighted by Crippen LogP contribution is -2.13. The Balaban J connectivity index is 1.70. The topological polar surface area (TPSA) is 88.0 Å². The molecular formula is C21H19N3O3S. The fourth-order valence-electron chi connectivity index (χ4n) is 2.42. The van der Waals surface area contributed by atoms with Crippen LogP contribution in [-0.4, -0.2) is 20.1 Å². The van der Waals surface area contributed by atoms with E-state index in [4.69, 9.17) is 0 Å². The lowest BCUT2D eigenvalue weighted by Gasteiger charge is -2.07. The Morgan fingerprint density at radius 3 is 2.14 bits per heavy atom. The predicted octanol–water partition coefficient (Wildman–Crippen LogP) is 5.15. The summed E-state index contributed by atoms with van der Waals surface area (Å²) < 4.78 is 24.0. The molecule has 0 aliphatic heterocycles. The number of amides is 1. The molecule has 0 aromatic heterocycles. The average molecular weight is 393 g/mol. The van der Waals surface area contributed by atoms with Crippen molar-refractivity contribution in [2.45, 2.75) is 11.8 Å². The monoisotopic (exact) mass is 393 g/mol. The second kappa shape index (κ2) is 8.58. The van der Waals surface area contributed by atoms with E-state index < -0.39 is 9.84 Å². The van der Waals surface area contributed by atoms with Gasteiger partial charge in [0.2, 0.25) is 0 Å². The maximum Gasteiger partial charge on any atom is 0.255 e. The summed E-state index contributed by atoms with van der Waals surface area (Å²) >= 11 is 0. The van der Waals surface area contributed by atoms with Crippen molar-refractivity contribution in [2.24, 2.45) is 10.2 Å². The average Bonchev–Trinajstić information content (AvgIpc) is 2.74. The van der Waals surface area contributed by atoms with Crippen LogP contribution in [-0.2, 0) is 9.84 Å². The molecule has 7 heteroatoms. The number of carbonyl (C=O) groups excluding carboxylic acids is 1. The molecule has 28 heavy (non-hydrogen) atoms. The van der Waals surface area contributed by atoms with Gasteiger partial charge in [-0.3, -0.25) is 4.79 Å². The molecule has 0 unspecified atom stereocenters. The molecule has 0 saturated carbocycles. The van der Waals surface area contributed by atoms with Gasteiger partial charge in [0.05, 0.1) is 22.0 Å². The Morgan fingerprint density at radius 2 is 1.50 bits per heavy atom. The van der Waals surface area contributed by atoms with Crippen LogP contribution >= 0.6 is 0 Å². The number of hydrogen-bond donors (Lipinski definition) is 1. The van der Waals surface area contributed by atoms with Crippen molar-refractivity contribution < 1.29 is 13.2 Å². The van der Waals surface area contributed by atoms with Crippen LogP contribution < -0.4 is 5.32 Å². The number of nitrogens with one attached hydrogen (secondary N) is 1. The van der Waals surface area contributed by atoms with Gasteiger partial charge >= 0.3 is 0 Å². The molecule has 142 valence electrons. The van der Waals surface area contributed by atoms with Gasteiger partial charge in [0.15, 0.2) is 9.84 Å². The predicted molar refractivity (Wildman–Crippen MR) is 109 cm³/mol. The van der Waals surface area contributed by atoms with Crippen LogP contribution in [0.4, 0.5) is 17.1 Å². The van der Waals surface area contributed by atoms with E-state index in [2.05, 4.69) is 15.5 Å². The van der Waals surface area contributed by atoms with E-state index in [0.29, 0.717) is 11.4 Å². The Labute approximate surface area is 163 Å². The normalized spacial score (nSPS) is 11.5. The molecule has 0 fully saturated rings. The zero-order chi connectivity index (χ0) is 20.0. The molecule has 0 heterocycles. The minimum absolute atomic E-state index is 0.0168. The van der Waals surface area contributed by atoms with Gasteiger partial charge in [-0.05, 0) is 54.6 Å². The van der Waals surface area contributed by atoms with Crippen molar-refractivity contribution in [3.8, 4) is 0 Å². The Kier molecular flexibility index (Phi) is 5.96. The van der Waals surface area contributed by atoms with Crippen molar-refractivity contribution in [1.29, 1.82) is 0 Å². The van der Waals surface area contributed by atoms with Crippen molar-refractivity contribution >= 4 is 32.8 Å². The Morgan fingerprint density at radius 1 is 0.857 bits per heavy atom. The number of rotatable bonds is 6. The summed E-state index contributed by atoms with van der Waals surface area (Å²) in [6.07, 6.45) is 0.